The maximum atomic E-state index is 12.7. The van der Waals surface area contributed by atoms with E-state index in [1.807, 2.05) is 6.92 Å². The smallest absolute Gasteiger partial charge is 0.410 e. The van der Waals surface area contributed by atoms with E-state index in [1.165, 1.54) is 20.4 Å². The zero-order valence-electron chi connectivity index (χ0n) is 20.5. The molecule has 1 aliphatic carbocycles. The third-order valence-electron chi connectivity index (χ3n) is 6.90. The van der Waals surface area contributed by atoms with Gasteiger partial charge in [0.25, 0.3) is 5.88 Å². The molecule has 5 rings (SSSR count). The van der Waals surface area contributed by atoms with E-state index in [1.54, 1.807) is 23.1 Å². The number of likely N-dealkylation sites (tertiary alicyclic amines) is 1. The first-order valence-corrected chi connectivity index (χ1v) is 12.3. The Morgan fingerprint density at radius 1 is 1.19 bits per heavy atom. The molecule has 2 aromatic rings. The van der Waals surface area contributed by atoms with Gasteiger partial charge in [0.05, 0.1) is 31.0 Å². The number of carbonyl (C=O) groups excluding carboxylic acids is 2. The van der Waals surface area contributed by atoms with E-state index in [4.69, 9.17) is 30.5 Å². The SMILES string of the molecule is COc1c(Nc2ccc(C(C)=O)cc2Cl)ncnc1OC1C2COCC1CN(C(=O)OC1(C)CC1)C2. The Balaban J connectivity index is 1.32. The lowest BCUT2D eigenvalue weighted by molar-refractivity contribution is -0.112. The van der Waals surface area contributed by atoms with E-state index in [9.17, 15) is 9.59 Å². The number of rotatable bonds is 7. The Labute approximate surface area is 214 Å². The molecule has 2 bridgehead atoms. The van der Waals surface area contributed by atoms with Gasteiger partial charge in [0.2, 0.25) is 5.75 Å². The van der Waals surface area contributed by atoms with Gasteiger partial charge in [-0.1, -0.05) is 11.6 Å². The molecule has 1 saturated carbocycles. The molecule has 2 atom stereocenters. The van der Waals surface area contributed by atoms with Gasteiger partial charge in [0, 0.05) is 30.5 Å². The molecular weight excluding hydrogens is 488 g/mol. The van der Waals surface area contributed by atoms with Gasteiger partial charge in [0.1, 0.15) is 18.0 Å². The van der Waals surface area contributed by atoms with E-state index in [0.29, 0.717) is 54.1 Å². The fraction of sp³-hybridized carbons (Fsp3) is 0.520. The Kier molecular flexibility index (Phi) is 6.65. The number of nitrogens with zero attached hydrogens (tertiary/aromatic N) is 3. The van der Waals surface area contributed by atoms with E-state index < -0.39 is 0 Å². The van der Waals surface area contributed by atoms with Crippen LogP contribution >= 0.6 is 11.6 Å². The number of fused-ring (bicyclic) bond motifs is 2. The zero-order chi connectivity index (χ0) is 25.4. The first-order valence-electron chi connectivity index (χ1n) is 11.9. The van der Waals surface area contributed by atoms with Crippen LogP contribution in [0.15, 0.2) is 24.5 Å². The molecule has 1 aromatic heterocycles. The summed E-state index contributed by atoms with van der Waals surface area (Å²) in [5.41, 5.74) is 0.758. The quantitative estimate of drug-likeness (QED) is 0.543. The van der Waals surface area contributed by atoms with E-state index in [0.717, 1.165) is 12.8 Å². The van der Waals surface area contributed by atoms with Crippen molar-refractivity contribution in [2.75, 3.05) is 38.7 Å². The molecule has 0 spiro atoms. The number of nitrogens with one attached hydrogen (secondary N) is 1. The average Bonchev–Trinajstić information content (AvgIpc) is 3.56. The first-order chi connectivity index (χ1) is 17.3. The monoisotopic (exact) mass is 516 g/mol. The highest BCUT2D eigenvalue weighted by Crippen LogP contribution is 2.41. The second kappa shape index (κ2) is 9.74. The number of Topliss-reactive ketones (excluding diaryl/α,β-unsaturated/α-hetero) is 1. The molecule has 2 unspecified atom stereocenters. The number of ether oxygens (including phenoxy) is 4. The van der Waals surface area contributed by atoms with Gasteiger partial charge in [-0.25, -0.2) is 9.78 Å². The van der Waals surface area contributed by atoms with Gasteiger partial charge < -0.3 is 29.2 Å². The molecule has 2 saturated heterocycles. The Morgan fingerprint density at radius 3 is 2.53 bits per heavy atom. The molecule has 3 fully saturated rings. The number of piperidine rings is 1. The van der Waals surface area contributed by atoms with Gasteiger partial charge in [0.15, 0.2) is 11.6 Å². The van der Waals surface area contributed by atoms with E-state index in [2.05, 4.69) is 15.3 Å². The maximum absolute atomic E-state index is 12.7. The summed E-state index contributed by atoms with van der Waals surface area (Å²) < 4.78 is 23.4. The van der Waals surface area contributed by atoms with Gasteiger partial charge >= 0.3 is 6.09 Å². The molecule has 0 radical (unpaired) electrons. The fourth-order valence-electron chi connectivity index (χ4n) is 4.60. The highest BCUT2D eigenvalue weighted by atomic mass is 35.5. The molecule has 1 N–H and O–H groups in total. The lowest BCUT2D eigenvalue weighted by Crippen LogP contribution is -2.59. The van der Waals surface area contributed by atoms with Crippen molar-refractivity contribution in [2.24, 2.45) is 11.8 Å². The minimum absolute atomic E-state index is 0.0401. The number of methoxy groups -OCH3 is 1. The van der Waals surface area contributed by atoms with Crippen molar-refractivity contribution < 1.29 is 28.5 Å². The summed E-state index contributed by atoms with van der Waals surface area (Å²) in [6.07, 6.45) is 2.71. The maximum Gasteiger partial charge on any atom is 0.410 e. The normalized spacial score (nSPS) is 24.0. The number of aromatic nitrogens is 2. The number of hydrogen-bond acceptors (Lipinski definition) is 9. The van der Waals surface area contributed by atoms with E-state index >= 15 is 0 Å². The standard InChI is InChI=1S/C25H29ClN4O6/c1-14(31)15-4-5-19(18(26)8-15)29-22-21(33-3)23(28-13-27-22)35-20-16-9-30(10-17(20)12-34-11-16)24(32)36-25(2)6-7-25/h4-5,8,13,16-17,20H,6-7,9-12H2,1-3H3,(H,27,28,29). The Morgan fingerprint density at radius 2 is 1.92 bits per heavy atom. The largest absolute Gasteiger partial charge is 0.489 e. The van der Waals surface area contributed by atoms with Gasteiger partial charge in [-0.2, -0.15) is 4.98 Å². The van der Waals surface area contributed by atoms with Crippen molar-refractivity contribution >= 4 is 35.0 Å². The van der Waals surface area contributed by atoms with Gasteiger partial charge in [-0.3, -0.25) is 4.79 Å². The van der Waals surface area contributed by atoms with E-state index in [-0.39, 0.29) is 41.3 Å². The number of benzene rings is 1. The van der Waals surface area contributed by atoms with Crippen LogP contribution in [0.4, 0.5) is 16.3 Å². The van der Waals surface area contributed by atoms with Crippen LogP contribution in [0.2, 0.25) is 5.02 Å². The van der Waals surface area contributed by atoms with Crippen molar-refractivity contribution in [2.45, 2.75) is 38.4 Å². The van der Waals surface area contributed by atoms with Crippen LogP contribution in [-0.2, 0) is 9.47 Å². The molecule has 1 amide bonds. The second-order valence-electron chi connectivity index (χ2n) is 9.80. The summed E-state index contributed by atoms with van der Waals surface area (Å²) in [6.45, 7) is 5.34. The number of carbonyl (C=O) groups is 2. The summed E-state index contributed by atoms with van der Waals surface area (Å²) in [4.78, 5) is 34.7. The summed E-state index contributed by atoms with van der Waals surface area (Å²) >= 11 is 6.38. The summed E-state index contributed by atoms with van der Waals surface area (Å²) in [5, 5.41) is 3.51. The molecule has 192 valence electrons. The first kappa shape index (κ1) is 24.6. The van der Waals surface area contributed by atoms with Gasteiger partial charge in [-0.15, -0.1) is 0 Å². The summed E-state index contributed by atoms with van der Waals surface area (Å²) in [7, 11) is 1.51. The molecule has 3 heterocycles. The third kappa shape index (κ3) is 5.05. The van der Waals surface area contributed by atoms with Crippen LogP contribution in [0.5, 0.6) is 11.6 Å². The molecular formula is C25H29ClN4O6. The molecule has 2 aliphatic heterocycles. The van der Waals surface area contributed by atoms with Crippen molar-refractivity contribution in [3.8, 4) is 11.6 Å². The van der Waals surface area contributed by atoms with Crippen molar-refractivity contribution in [1.82, 2.24) is 14.9 Å². The Hall–Kier alpha value is -3.11. The fourth-order valence-corrected chi connectivity index (χ4v) is 4.83. The van der Waals surface area contributed by atoms with Crippen LogP contribution in [0, 0.1) is 11.8 Å². The summed E-state index contributed by atoms with van der Waals surface area (Å²) in [6, 6.07) is 4.99. The predicted molar refractivity (Wildman–Crippen MR) is 131 cm³/mol. The summed E-state index contributed by atoms with van der Waals surface area (Å²) in [5.74, 6) is 0.833. The number of ketones is 1. The zero-order valence-corrected chi connectivity index (χ0v) is 21.2. The van der Waals surface area contributed by atoms with Crippen LogP contribution in [0.25, 0.3) is 0 Å². The topological polar surface area (TPSA) is 112 Å². The molecule has 3 aliphatic rings. The van der Waals surface area contributed by atoms with Crippen LogP contribution in [0.1, 0.15) is 37.0 Å². The molecule has 1 aromatic carbocycles. The number of anilines is 2. The van der Waals surface area contributed by atoms with Crippen LogP contribution in [0.3, 0.4) is 0 Å². The third-order valence-corrected chi connectivity index (χ3v) is 7.21. The lowest BCUT2D eigenvalue weighted by Gasteiger charge is -2.46. The minimum atomic E-state index is -0.316. The Bertz CT molecular complexity index is 1160. The van der Waals surface area contributed by atoms with Crippen molar-refractivity contribution in [1.29, 1.82) is 0 Å². The predicted octanol–water partition coefficient (Wildman–Crippen LogP) is 4.10. The average molecular weight is 517 g/mol. The van der Waals surface area contributed by atoms with Crippen molar-refractivity contribution in [3.05, 3.63) is 35.1 Å². The van der Waals surface area contributed by atoms with Crippen LogP contribution in [-0.4, -0.2) is 71.9 Å². The number of halogens is 1. The molecule has 36 heavy (non-hydrogen) atoms. The van der Waals surface area contributed by atoms with Gasteiger partial charge in [-0.05, 0) is 44.9 Å². The highest BCUT2D eigenvalue weighted by molar-refractivity contribution is 6.33. The number of amides is 1. The lowest BCUT2D eigenvalue weighted by atomic mass is 9.84. The molecule has 11 heteroatoms. The molecule has 10 nitrogen and oxygen atoms in total. The van der Waals surface area contributed by atoms with Crippen LogP contribution < -0.4 is 14.8 Å². The minimum Gasteiger partial charge on any atom is -0.489 e. The number of hydrogen-bond donors (Lipinski definition) is 1. The second-order valence-corrected chi connectivity index (χ2v) is 10.2. The van der Waals surface area contributed by atoms with Crippen molar-refractivity contribution in [3.63, 3.8) is 0 Å². The highest BCUT2D eigenvalue weighted by Gasteiger charge is 2.47.